The van der Waals surface area contributed by atoms with Gasteiger partial charge in [0, 0.05) is 29.9 Å². The molecule has 3 N–H and O–H groups in total. The standard InChI is InChI=1S/C28H24N8O/c1-3-5-23(37)31-19-13-18(14-29-15-19)21-8-9-22-25(32-21)26(36-35-22)28-33-24-20(10-11-30-27(24)34-28)17-7-4-6-16(2)12-17/h4,6-15H,3,5H2,1-2H3,(H,31,37)(H,35,36)(H,30,33,34). The number of hydrogen-bond acceptors (Lipinski definition) is 6. The van der Waals surface area contributed by atoms with Gasteiger partial charge in [-0.3, -0.25) is 14.9 Å². The Morgan fingerprint density at radius 1 is 1.03 bits per heavy atom. The molecule has 0 aliphatic carbocycles. The molecule has 5 aromatic heterocycles. The minimum atomic E-state index is -0.0366. The minimum absolute atomic E-state index is 0.0366. The van der Waals surface area contributed by atoms with Gasteiger partial charge in [0.25, 0.3) is 0 Å². The van der Waals surface area contributed by atoms with Crippen LogP contribution >= 0.6 is 0 Å². The molecule has 1 amide bonds. The highest BCUT2D eigenvalue weighted by Gasteiger charge is 2.17. The summed E-state index contributed by atoms with van der Waals surface area (Å²) < 4.78 is 0. The van der Waals surface area contributed by atoms with E-state index in [1.54, 1.807) is 18.6 Å². The maximum Gasteiger partial charge on any atom is 0.224 e. The van der Waals surface area contributed by atoms with Crippen molar-refractivity contribution >= 4 is 33.8 Å². The molecule has 5 heterocycles. The molecule has 6 rings (SSSR count). The van der Waals surface area contributed by atoms with Gasteiger partial charge in [0.1, 0.15) is 5.52 Å². The predicted octanol–water partition coefficient (Wildman–Crippen LogP) is 5.67. The summed E-state index contributed by atoms with van der Waals surface area (Å²) in [6.45, 7) is 4.04. The molecule has 37 heavy (non-hydrogen) atoms. The molecule has 0 spiro atoms. The first-order chi connectivity index (χ1) is 18.1. The number of aromatic nitrogens is 7. The summed E-state index contributed by atoms with van der Waals surface area (Å²) in [6.07, 6.45) is 6.37. The summed E-state index contributed by atoms with van der Waals surface area (Å²) in [5, 5.41) is 10.4. The first kappa shape index (κ1) is 22.5. The van der Waals surface area contributed by atoms with E-state index >= 15 is 0 Å². The van der Waals surface area contributed by atoms with Crippen molar-refractivity contribution in [3.05, 3.63) is 72.7 Å². The van der Waals surface area contributed by atoms with Crippen LogP contribution < -0.4 is 5.32 Å². The van der Waals surface area contributed by atoms with Gasteiger partial charge in [0.2, 0.25) is 5.91 Å². The van der Waals surface area contributed by atoms with E-state index in [4.69, 9.17) is 9.97 Å². The molecule has 0 atom stereocenters. The summed E-state index contributed by atoms with van der Waals surface area (Å²) in [7, 11) is 0. The van der Waals surface area contributed by atoms with Crippen molar-refractivity contribution in [1.82, 2.24) is 35.1 Å². The summed E-state index contributed by atoms with van der Waals surface area (Å²) in [5.41, 5.74) is 8.95. The fourth-order valence-electron chi connectivity index (χ4n) is 4.40. The molecule has 6 aromatic rings. The van der Waals surface area contributed by atoms with E-state index in [1.165, 1.54) is 5.56 Å². The molecule has 0 saturated heterocycles. The maximum absolute atomic E-state index is 12.0. The van der Waals surface area contributed by atoms with Crippen LogP contribution in [0, 0.1) is 6.92 Å². The van der Waals surface area contributed by atoms with Crippen molar-refractivity contribution in [3.63, 3.8) is 0 Å². The van der Waals surface area contributed by atoms with Gasteiger partial charge < -0.3 is 10.3 Å². The molecule has 0 fully saturated rings. The number of aromatic amines is 2. The number of H-pyrrole nitrogens is 2. The molecule has 182 valence electrons. The number of aryl methyl sites for hydroxylation is 1. The first-order valence-corrected chi connectivity index (χ1v) is 12.1. The van der Waals surface area contributed by atoms with Gasteiger partial charge in [0.15, 0.2) is 17.2 Å². The zero-order valence-corrected chi connectivity index (χ0v) is 20.4. The van der Waals surface area contributed by atoms with Gasteiger partial charge >= 0.3 is 0 Å². The van der Waals surface area contributed by atoms with E-state index in [1.807, 2.05) is 37.3 Å². The van der Waals surface area contributed by atoms with Crippen LogP contribution in [0.1, 0.15) is 25.3 Å². The molecule has 0 radical (unpaired) electrons. The number of pyridine rings is 3. The molecule has 0 bridgehead atoms. The van der Waals surface area contributed by atoms with Crippen LogP contribution in [0.2, 0.25) is 0 Å². The largest absolute Gasteiger partial charge is 0.335 e. The lowest BCUT2D eigenvalue weighted by molar-refractivity contribution is -0.116. The summed E-state index contributed by atoms with van der Waals surface area (Å²) in [5.74, 6) is 0.544. The summed E-state index contributed by atoms with van der Waals surface area (Å²) in [4.78, 5) is 33.8. The number of nitrogens with one attached hydrogen (secondary N) is 3. The monoisotopic (exact) mass is 488 g/mol. The molecule has 0 aliphatic rings. The quantitative estimate of drug-likeness (QED) is 0.277. The van der Waals surface area contributed by atoms with Gasteiger partial charge in [0.05, 0.1) is 28.6 Å². The van der Waals surface area contributed by atoms with E-state index in [2.05, 4.69) is 55.6 Å². The van der Waals surface area contributed by atoms with E-state index in [0.717, 1.165) is 34.1 Å². The molecule has 0 unspecified atom stereocenters. The van der Waals surface area contributed by atoms with Crippen molar-refractivity contribution in [2.24, 2.45) is 0 Å². The Kier molecular flexibility index (Phi) is 5.65. The average Bonchev–Trinajstić information content (AvgIpc) is 3.52. The number of imidazole rings is 1. The van der Waals surface area contributed by atoms with Crippen molar-refractivity contribution < 1.29 is 4.79 Å². The van der Waals surface area contributed by atoms with Crippen LogP contribution in [0.25, 0.3) is 56.1 Å². The Bertz CT molecular complexity index is 1770. The lowest BCUT2D eigenvalue weighted by Gasteiger charge is -2.06. The van der Waals surface area contributed by atoms with E-state index < -0.39 is 0 Å². The number of hydrogen-bond donors (Lipinski definition) is 3. The van der Waals surface area contributed by atoms with Crippen LogP contribution in [0.4, 0.5) is 5.69 Å². The van der Waals surface area contributed by atoms with Gasteiger partial charge in [-0.15, -0.1) is 0 Å². The number of nitrogens with zero attached hydrogens (tertiary/aromatic N) is 5. The topological polar surface area (TPSA) is 125 Å². The Balaban J connectivity index is 1.40. The Morgan fingerprint density at radius 2 is 1.95 bits per heavy atom. The number of carbonyl (C=O) groups excluding carboxylic acids is 1. The molecule has 9 nitrogen and oxygen atoms in total. The van der Waals surface area contributed by atoms with E-state index in [0.29, 0.717) is 40.5 Å². The van der Waals surface area contributed by atoms with E-state index in [-0.39, 0.29) is 5.91 Å². The fraction of sp³-hybridized carbons (Fsp3) is 0.143. The summed E-state index contributed by atoms with van der Waals surface area (Å²) in [6, 6.07) is 16.0. The third-order valence-electron chi connectivity index (χ3n) is 6.15. The zero-order valence-electron chi connectivity index (χ0n) is 20.4. The fourth-order valence-corrected chi connectivity index (χ4v) is 4.40. The number of rotatable bonds is 6. The number of fused-ring (bicyclic) bond motifs is 2. The lowest BCUT2D eigenvalue weighted by atomic mass is 10.0. The Labute approximate surface area is 212 Å². The maximum atomic E-state index is 12.0. The second-order valence-corrected chi connectivity index (χ2v) is 8.94. The molecular weight excluding hydrogens is 464 g/mol. The second kappa shape index (κ2) is 9.27. The third kappa shape index (κ3) is 4.31. The number of benzene rings is 1. The van der Waals surface area contributed by atoms with Crippen LogP contribution in [0.15, 0.2) is 67.1 Å². The highest BCUT2D eigenvalue weighted by Crippen LogP contribution is 2.31. The van der Waals surface area contributed by atoms with Gasteiger partial charge in [-0.25, -0.2) is 15.0 Å². The van der Waals surface area contributed by atoms with Crippen molar-refractivity contribution in [2.75, 3.05) is 5.32 Å². The number of carbonyl (C=O) groups is 1. The van der Waals surface area contributed by atoms with Crippen molar-refractivity contribution in [3.8, 4) is 33.9 Å². The highest BCUT2D eigenvalue weighted by molar-refractivity contribution is 5.95. The molecular formula is C28H24N8O. The summed E-state index contributed by atoms with van der Waals surface area (Å²) >= 11 is 0. The van der Waals surface area contributed by atoms with Crippen molar-refractivity contribution in [1.29, 1.82) is 0 Å². The van der Waals surface area contributed by atoms with Crippen LogP contribution in [-0.2, 0) is 4.79 Å². The highest BCUT2D eigenvalue weighted by atomic mass is 16.1. The van der Waals surface area contributed by atoms with Crippen LogP contribution in [0.3, 0.4) is 0 Å². The zero-order chi connectivity index (χ0) is 25.4. The van der Waals surface area contributed by atoms with Gasteiger partial charge in [-0.1, -0.05) is 36.8 Å². The minimum Gasteiger partial charge on any atom is -0.335 e. The predicted molar refractivity (Wildman–Crippen MR) is 144 cm³/mol. The van der Waals surface area contributed by atoms with Gasteiger partial charge in [-0.05, 0) is 43.2 Å². The van der Waals surface area contributed by atoms with Crippen molar-refractivity contribution in [2.45, 2.75) is 26.7 Å². The second-order valence-electron chi connectivity index (χ2n) is 8.94. The normalized spacial score (nSPS) is 11.3. The SMILES string of the molecule is CCCC(=O)Nc1cncc(-c2ccc3[nH]nc(-c4nc5nccc(-c6cccc(C)c6)c5[nH]4)c3n2)c1. The molecule has 9 heteroatoms. The Hall–Kier alpha value is -4.92. The number of amides is 1. The van der Waals surface area contributed by atoms with Crippen LogP contribution in [0.5, 0.6) is 0 Å². The van der Waals surface area contributed by atoms with Crippen LogP contribution in [-0.4, -0.2) is 41.0 Å². The number of anilines is 1. The Morgan fingerprint density at radius 3 is 2.81 bits per heavy atom. The molecule has 0 saturated carbocycles. The third-order valence-corrected chi connectivity index (χ3v) is 6.15. The van der Waals surface area contributed by atoms with E-state index in [9.17, 15) is 4.79 Å². The molecule has 0 aliphatic heterocycles. The first-order valence-electron chi connectivity index (χ1n) is 12.1. The molecule has 1 aromatic carbocycles. The lowest BCUT2D eigenvalue weighted by Crippen LogP contribution is -2.10. The smallest absolute Gasteiger partial charge is 0.224 e. The average molecular weight is 489 g/mol. The van der Waals surface area contributed by atoms with Gasteiger partial charge in [-0.2, -0.15) is 5.10 Å².